The normalized spacial score (nSPS) is 11.8. The number of rotatable bonds is 3. The lowest BCUT2D eigenvalue weighted by molar-refractivity contribution is 0.373. The molecule has 1 heterocycles. The highest BCUT2D eigenvalue weighted by Crippen LogP contribution is 2.30. The first-order valence-corrected chi connectivity index (χ1v) is 7.65. The van der Waals surface area contributed by atoms with Gasteiger partial charge in [-0.2, -0.15) is 4.98 Å². The molecule has 0 fully saturated rings. The van der Waals surface area contributed by atoms with Crippen LogP contribution in [0, 0.1) is 0 Å². The summed E-state index contributed by atoms with van der Waals surface area (Å²) in [5.41, 5.74) is 6.59. The maximum absolute atomic E-state index is 5.94. The third kappa shape index (κ3) is 3.73. The van der Waals surface area contributed by atoms with Gasteiger partial charge >= 0.3 is 0 Å². The lowest BCUT2D eigenvalue weighted by Gasteiger charge is -2.10. The third-order valence-electron chi connectivity index (χ3n) is 2.46. The fourth-order valence-corrected chi connectivity index (χ4v) is 2.57. The van der Waals surface area contributed by atoms with Crippen molar-refractivity contribution in [1.29, 1.82) is 0 Å². The fraction of sp³-hybridized carbons (Fsp3) is 0.385. The summed E-state index contributed by atoms with van der Waals surface area (Å²) in [6, 6.07) is 5.83. The second-order valence-corrected chi connectivity index (χ2v) is 7.17. The molecule has 19 heavy (non-hydrogen) atoms. The SMILES string of the molecule is CC(C)(C)c1noc(CSc2ccc(Br)cc2N)n1. The molecule has 0 unspecified atom stereocenters. The van der Waals surface area contributed by atoms with Gasteiger partial charge in [0, 0.05) is 20.5 Å². The first kappa shape index (κ1) is 14.4. The van der Waals surface area contributed by atoms with E-state index in [2.05, 4.69) is 46.8 Å². The summed E-state index contributed by atoms with van der Waals surface area (Å²) < 4.78 is 6.22. The monoisotopic (exact) mass is 341 g/mol. The summed E-state index contributed by atoms with van der Waals surface area (Å²) in [5, 5.41) is 4.00. The minimum Gasteiger partial charge on any atom is -0.398 e. The van der Waals surface area contributed by atoms with Crippen molar-refractivity contribution >= 4 is 33.4 Å². The number of nitrogens with zero attached hydrogens (tertiary/aromatic N) is 2. The van der Waals surface area contributed by atoms with Gasteiger partial charge in [0.15, 0.2) is 5.82 Å². The van der Waals surface area contributed by atoms with Crippen LogP contribution in [0.5, 0.6) is 0 Å². The van der Waals surface area contributed by atoms with Crippen LogP contribution in [0.4, 0.5) is 5.69 Å². The first-order chi connectivity index (χ1) is 8.86. The van der Waals surface area contributed by atoms with E-state index in [0.717, 1.165) is 20.9 Å². The van der Waals surface area contributed by atoms with Crippen LogP contribution < -0.4 is 5.73 Å². The summed E-state index contributed by atoms with van der Waals surface area (Å²) in [4.78, 5) is 5.41. The summed E-state index contributed by atoms with van der Waals surface area (Å²) in [7, 11) is 0. The summed E-state index contributed by atoms with van der Waals surface area (Å²) in [6.45, 7) is 6.17. The second-order valence-electron chi connectivity index (χ2n) is 5.23. The van der Waals surface area contributed by atoms with E-state index in [1.807, 2.05) is 18.2 Å². The van der Waals surface area contributed by atoms with Crippen molar-refractivity contribution < 1.29 is 4.52 Å². The molecule has 1 aromatic heterocycles. The van der Waals surface area contributed by atoms with Crippen molar-refractivity contribution in [3.05, 3.63) is 34.4 Å². The molecule has 0 saturated heterocycles. The van der Waals surface area contributed by atoms with Gasteiger partial charge in [0.05, 0.1) is 5.75 Å². The number of hydrogen-bond donors (Lipinski definition) is 1. The van der Waals surface area contributed by atoms with Gasteiger partial charge in [-0.3, -0.25) is 0 Å². The number of nitrogen functional groups attached to an aromatic ring is 1. The molecular weight excluding hydrogens is 326 g/mol. The highest BCUT2D eigenvalue weighted by molar-refractivity contribution is 9.10. The molecule has 0 spiro atoms. The van der Waals surface area contributed by atoms with E-state index in [4.69, 9.17) is 10.3 Å². The zero-order valence-corrected chi connectivity index (χ0v) is 13.5. The van der Waals surface area contributed by atoms with Gasteiger partial charge in [-0.05, 0) is 18.2 Å². The molecule has 102 valence electrons. The molecule has 0 bridgehead atoms. The van der Waals surface area contributed by atoms with E-state index in [-0.39, 0.29) is 5.41 Å². The predicted octanol–water partition coefficient (Wildman–Crippen LogP) is 4.00. The molecule has 0 aliphatic carbocycles. The Morgan fingerprint density at radius 2 is 2.11 bits per heavy atom. The smallest absolute Gasteiger partial charge is 0.237 e. The summed E-state index contributed by atoms with van der Waals surface area (Å²) >= 11 is 4.98. The van der Waals surface area contributed by atoms with E-state index >= 15 is 0 Å². The molecule has 2 aromatic rings. The van der Waals surface area contributed by atoms with E-state index in [1.54, 1.807) is 11.8 Å². The number of benzene rings is 1. The van der Waals surface area contributed by atoms with Crippen molar-refractivity contribution in [2.45, 2.75) is 36.8 Å². The summed E-state index contributed by atoms with van der Waals surface area (Å²) in [5.74, 6) is 1.97. The van der Waals surface area contributed by atoms with Crippen LogP contribution in [0.3, 0.4) is 0 Å². The van der Waals surface area contributed by atoms with E-state index in [9.17, 15) is 0 Å². The zero-order chi connectivity index (χ0) is 14.0. The average Bonchev–Trinajstić information content (AvgIpc) is 2.76. The van der Waals surface area contributed by atoms with Gasteiger partial charge in [-0.1, -0.05) is 41.9 Å². The van der Waals surface area contributed by atoms with Crippen molar-refractivity contribution in [1.82, 2.24) is 10.1 Å². The number of thioether (sulfide) groups is 1. The molecule has 0 amide bonds. The Morgan fingerprint density at radius 1 is 1.37 bits per heavy atom. The minimum absolute atomic E-state index is 0.0942. The summed E-state index contributed by atoms with van der Waals surface area (Å²) in [6.07, 6.45) is 0. The molecule has 6 heteroatoms. The molecule has 0 atom stereocenters. The van der Waals surface area contributed by atoms with Crippen molar-refractivity contribution in [2.75, 3.05) is 5.73 Å². The third-order valence-corrected chi connectivity index (χ3v) is 4.03. The standard InChI is InChI=1S/C13H16BrN3OS/c1-13(2,3)12-16-11(18-17-12)7-19-10-5-4-8(14)6-9(10)15/h4-6H,7,15H2,1-3H3. The Morgan fingerprint density at radius 3 is 2.68 bits per heavy atom. The van der Waals surface area contributed by atoms with Gasteiger partial charge in [-0.25, -0.2) is 0 Å². The number of halogens is 1. The largest absolute Gasteiger partial charge is 0.398 e. The molecular formula is C13H16BrN3OS. The lowest BCUT2D eigenvalue weighted by Crippen LogP contribution is -2.13. The van der Waals surface area contributed by atoms with Crippen LogP contribution in [0.2, 0.25) is 0 Å². The average molecular weight is 342 g/mol. The van der Waals surface area contributed by atoms with Crippen molar-refractivity contribution in [3.8, 4) is 0 Å². The maximum Gasteiger partial charge on any atom is 0.237 e. The van der Waals surface area contributed by atoms with Gasteiger partial charge in [-0.15, -0.1) is 11.8 Å². The topological polar surface area (TPSA) is 64.9 Å². The van der Waals surface area contributed by atoms with E-state index < -0.39 is 0 Å². The van der Waals surface area contributed by atoms with E-state index in [1.165, 1.54) is 0 Å². The highest BCUT2D eigenvalue weighted by atomic mass is 79.9. The molecule has 0 saturated carbocycles. The van der Waals surface area contributed by atoms with Gasteiger partial charge < -0.3 is 10.3 Å². The Bertz CT molecular complexity index is 578. The zero-order valence-electron chi connectivity index (χ0n) is 11.1. The Labute approximate surface area is 125 Å². The molecule has 1 aromatic carbocycles. The molecule has 0 radical (unpaired) electrons. The number of anilines is 1. The quantitative estimate of drug-likeness (QED) is 0.675. The molecule has 2 N–H and O–H groups in total. The van der Waals surface area contributed by atoms with Gasteiger partial charge in [0.25, 0.3) is 0 Å². The van der Waals surface area contributed by atoms with Crippen LogP contribution in [0.1, 0.15) is 32.5 Å². The van der Waals surface area contributed by atoms with Crippen molar-refractivity contribution in [3.63, 3.8) is 0 Å². The Kier molecular flexibility index (Phi) is 4.20. The lowest BCUT2D eigenvalue weighted by atomic mass is 9.96. The van der Waals surface area contributed by atoms with Crippen LogP contribution in [0.15, 0.2) is 32.1 Å². The van der Waals surface area contributed by atoms with Crippen molar-refractivity contribution in [2.24, 2.45) is 0 Å². The first-order valence-electron chi connectivity index (χ1n) is 5.87. The predicted molar refractivity (Wildman–Crippen MR) is 81.1 cm³/mol. The van der Waals surface area contributed by atoms with Gasteiger partial charge in [0.1, 0.15) is 0 Å². The fourth-order valence-electron chi connectivity index (χ4n) is 1.41. The van der Waals surface area contributed by atoms with Crippen LogP contribution in [-0.2, 0) is 11.2 Å². The molecule has 4 nitrogen and oxygen atoms in total. The van der Waals surface area contributed by atoms with E-state index in [0.29, 0.717) is 11.6 Å². The van der Waals surface area contributed by atoms with Crippen LogP contribution >= 0.6 is 27.7 Å². The molecule has 0 aliphatic heterocycles. The molecule has 2 rings (SSSR count). The number of aromatic nitrogens is 2. The van der Waals surface area contributed by atoms with Gasteiger partial charge in [0.2, 0.25) is 5.89 Å². The Hall–Kier alpha value is -1.01. The maximum atomic E-state index is 5.94. The van der Waals surface area contributed by atoms with Crippen LogP contribution in [0.25, 0.3) is 0 Å². The molecule has 0 aliphatic rings. The highest BCUT2D eigenvalue weighted by Gasteiger charge is 2.20. The minimum atomic E-state index is -0.0942. The Balaban J connectivity index is 2.04. The second kappa shape index (κ2) is 5.54. The van der Waals surface area contributed by atoms with Crippen LogP contribution in [-0.4, -0.2) is 10.1 Å². The number of nitrogens with two attached hydrogens (primary N) is 1. The number of hydrogen-bond acceptors (Lipinski definition) is 5.